The zero-order valence-corrected chi connectivity index (χ0v) is 11.7. The maximum atomic E-state index is 12.3. The Hall–Kier alpha value is -2.31. The van der Waals surface area contributed by atoms with Gasteiger partial charge in [0.05, 0.1) is 11.6 Å². The van der Waals surface area contributed by atoms with Crippen LogP contribution in [-0.2, 0) is 14.1 Å². The molecule has 7 heteroatoms. The quantitative estimate of drug-likeness (QED) is 0.675. The number of nitrogens with zero attached hydrogens (tertiary/aromatic N) is 4. The van der Waals surface area contributed by atoms with Gasteiger partial charge in [-0.15, -0.1) is 0 Å². The summed E-state index contributed by atoms with van der Waals surface area (Å²) in [5.41, 5.74) is 0.639. The van der Waals surface area contributed by atoms with E-state index in [2.05, 4.69) is 0 Å². The van der Waals surface area contributed by atoms with Crippen molar-refractivity contribution in [2.24, 2.45) is 14.1 Å². The molecule has 106 valence electrons. The zero-order chi connectivity index (χ0) is 14.6. The SMILES string of the molecule is CN1C(=O)N2CC=C(c3cn(C)c(=O)n(C)c3=O)C1C2. The second-order valence-electron chi connectivity index (χ2n) is 5.27. The lowest BCUT2D eigenvalue weighted by molar-refractivity contribution is 0.202. The Bertz CT molecular complexity index is 743. The number of aromatic nitrogens is 2. The van der Waals surface area contributed by atoms with Crippen LogP contribution in [0, 0.1) is 0 Å². The fraction of sp³-hybridized carbons (Fsp3) is 0.462. The molecule has 2 aliphatic rings. The fourth-order valence-electron chi connectivity index (χ4n) is 2.87. The van der Waals surface area contributed by atoms with Crippen molar-refractivity contribution in [3.63, 3.8) is 0 Å². The highest BCUT2D eigenvalue weighted by atomic mass is 16.2. The maximum Gasteiger partial charge on any atom is 0.330 e. The van der Waals surface area contributed by atoms with Crippen LogP contribution in [0.15, 0.2) is 21.9 Å². The van der Waals surface area contributed by atoms with Gasteiger partial charge >= 0.3 is 11.7 Å². The van der Waals surface area contributed by atoms with Crippen LogP contribution in [0.25, 0.3) is 5.57 Å². The summed E-state index contributed by atoms with van der Waals surface area (Å²) in [5, 5.41) is 0. The van der Waals surface area contributed by atoms with E-state index in [1.54, 1.807) is 30.1 Å². The molecule has 20 heavy (non-hydrogen) atoms. The van der Waals surface area contributed by atoms with Crippen LogP contribution in [0.2, 0.25) is 0 Å². The zero-order valence-electron chi connectivity index (χ0n) is 11.7. The average molecular weight is 276 g/mol. The highest BCUT2D eigenvalue weighted by Gasteiger charge is 2.40. The standard InChI is InChI=1S/C13H16N4O3/c1-14-6-9(11(18)16(3)12(14)19)8-4-5-17-7-10(8)15(2)13(17)20/h4,6,10H,5,7H2,1-3H3. The Kier molecular flexibility index (Phi) is 2.60. The van der Waals surface area contributed by atoms with E-state index in [0.29, 0.717) is 18.7 Å². The van der Waals surface area contributed by atoms with Gasteiger partial charge in [-0.25, -0.2) is 9.59 Å². The third-order valence-corrected chi connectivity index (χ3v) is 4.08. The number of carbonyl (C=O) groups excluding carboxylic acids is 1. The van der Waals surface area contributed by atoms with Crippen LogP contribution in [0.3, 0.4) is 0 Å². The van der Waals surface area contributed by atoms with Crippen molar-refractivity contribution in [1.82, 2.24) is 18.9 Å². The van der Waals surface area contributed by atoms with Crippen molar-refractivity contribution in [3.05, 3.63) is 38.7 Å². The minimum Gasteiger partial charge on any atom is -0.319 e. The van der Waals surface area contributed by atoms with E-state index < -0.39 is 0 Å². The summed E-state index contributed by atoms with van der Waals surface area (Å²) in [6, 6.07) is -0.149. The summed E-state index contributed by atoms with van der Waals surface area (Å²) in [6.07, 6.45) is 3.46. The molecular weight excluding hydrogens is 260 g/mol. The van der Waals surface area contributed by atoms with Gasteiger partial charge in [-0.1, -0.05) is 6.08 Å². The van der Waals surface area contributed by atoms with Gasteiger partial charge in [0.1, 0.15) is 0 Å². The minimum atomic E-state index is -0.354. The number of fused-ring (bicyclic) bond motifs is 2. The predicted octanol–water partition coefficient (Wildman–Crippen LogP) is -0.783. The average Bonchev–Trinajstić information content (AvgIpc) is 2.66. The molecule has 2 amide bonds. The lowest BCUT2D eigenvalue weighted by atomic mass is 9.98. The molecule has 1 fully saturated rings. The Labute approximate surface area is 115 Å². The summed E-state index contributed by atoms with van der Waals surface area (Å²) in [4.78, 5) is 39.3. The summed E-state index contributed by atoms with van der Waals surface area (Å²) in [7, 11) is 4.82. The van der Waals surface area contributed by atoms with Crippen LogP contribution < -0.4 is 11.2 Å². The lowest BCUT2D eigenvalue weighted by Crippen LogP contribution is -2.40. The highest BCUT2D eigenvalue weighted by Crippen LogP contribution is 2.29. The Morgan fingerprint density at radius 2 is 1.85 bits per heavy atom. The maximum absolute atomic E-state index is 12.3. The van der Waals surface area contributed by atoms with Crippen LogP contribution in [0.4, 0.5) is 4.79 Å². The van der Waals surface area contributed by atoms with Gasteiger partial charge in [-0.3, -0.25) is 9.36 Å². The molecule has 1 unspecified atom stereocenters. The van der Waals surface area contributed by atoms with E-state index in [1.807, 2.05) is 6.08 Å². The minimum absolute atomic E-state index is 0.0251. The van der Waals surface area contributed by atoms with E-state index in [-0.39, 0.29) is 23.3 Å². The summed E-state index contributed by atoms with van der Waals surface area (Å²) in [5.74, 6) is 0. The monoisotopic (exact) mass is 276 g/mol. The van der Waals surface area contributed by atoms with Crippen LogP contribution in [0.1, 0.15) is 5.56 Å². The Morgan fingerprint density at radius 3 is 2.55 bits per heavy atom. The van der Waals surface area contributed by atoms with Crippen molar-refractivity contribution in [3.8, 4) is 0 Å². The van der Waals surface area contributed by atoms with Crippen LogP contribution in [-0.4, -0.2) is 51.1 Å². The summed E-state index contributed by atoms with van der Waals surface area (Å²) in [6.45, 7) is 1.09. The fourth-order valence-corrected chi connectivity index (χ4v) is 2.87. The number of hydrogen-bond acceptors (Lipinski definition) is 3. The topological polar surface area (TPSA) is 67.6 Å². The van der Waals surface area contributed by atoms with Crippen molar-refractivity contribution >= 4 is 11.6 Å². The first-order valence-corrected chi connectivity index (χ1v) is 6.40. The van der Waals surface area contributed by atoms with Gasteiger partial charge in [-0.05, 0) is 5.57 Å². The molecule has 2 aliphatic heterocycles. The first kappa shape index (κ1) is 12.7. The molecule has 2 bridgehead atoms. The molecule has 3 rings (SSSR count). The molecule has 0 spiro atoms. The number of amides is 2. The molecule has 1 saturated heterocycles. The van der Waals surface area contributed by atoms with E-state index in [1.165, 1.54) is 11.6 Å². The molecule has 0 radical (unpaired) electrons. The van der Waals surface area contributed by atoms with E-state index >= 15 is 0 Å². The molecule has 1 atom stereocenters. The molecule has 0 aromatic carbocycles. The lowest BCUT2D eigenvalue weighted by Gasteiger charge is -2.23. The number of rotatable bonds is 1. The Morgan fingerprint density at radius 1 is 1.15 bits per heavy atom. The van der Waals surface area contributed by atoms with Gasteiger partial charge in [0, 0.05) is 40.4 Å². The number of likely N-dealkylation sites (N-methyl/N-ethyl adjacent to an activating group) is 1. The van der Waals surface area contributed by atoms with Gasteiger partial charge in [0.2, 0.25) is 0 Å². The van der Waals surface area contributed by atoms with Crippen molar-refractivity contribution in [1.29, 1.82) is 0 Å². The molecule has 0 saturated carbocycles. The molecule has 0 N–H and O–H groups in total. The normalized spacial score (nSPS) is 21.4. The number of hydrogen-bond donors (Lipinski definition) is 0. The molecule has 1 aromatic heterocycles. The number of urea groups is 1. The molecule has 7 nitrogen and oxygen atoms in total. The first-order chi connectivity index (χ1) is 9.41. The van der Waals surface area contributed by atoms with Gasteiger partial charge in [-0.2, -0.15) is 0 Å². The van der Waals surface area contributed by atoms with Gasteiger partial charge in [0.15, 0.2) is 0 Å². The van der Waals surface area contributed by atoms with Crippen LogP contribution >= 0.6 is 0 Å². The van der Waals surface area contributed by atoms with Gasteiger partial charge in [0.25, 0.3) is 5.56 Å². The number of carbonyl (C=O) groups is 1. The van der Waals surface area contributed by atoms with Crippen molar-refractivity contribution in [2.75, 3.05) is 20.1 Å². The highest BCUT2D eigenvalue weighted by molar-refractivity contribution is 5.85. The summed E-state index contributed by atoms with van der Waals surface area (Å²) >= 11 is 0. The second-order valence-corrected chi connectivity index (χ2v) is 5.27. The Balaban J connectivity index is 2.16. The second kappa shape index (κ2) is 4.09. The van der Waals surface area contributed by atoms with Crippen molar-refractivity contribution in [2.45, 2.75) is 6.04 Å². The molecular formula is C13H16N4O3. The van der Waals surface area contributed by atoms with Crippen LogP contribution in [0.5, 0.6) is 0 Å². The molecule has 1 aromatic rings. The van der Waals surface area contributed by atoms with E-state index in [9.17, 15) is 14.4 Å². The number of aryl methyl sites for hydroxylation is 1. The summed E-state index contributed by atoms with van der Waals surface area (Å²) < 4.78 is 2.49. The third-order valence-electron chi connectivity index (χ3n) is 4.08. The van der Waals surface area contributed by atoms with Gasteiger partial charge < -0.3 is 14.4 Å². The first-order valence-electron chi connectivity index (χ1n) is 6.40. The predicted molar refractivity (Wildman–Crippen MR) is 73.4 cm³/mol. The van der Waals surface area contributed by atoms with E-state index in [0.717, 1.165) is 10.1 Å². The molecule has 0 aliphatic carbocycles. The molecule has 3 heterocycles. The van der Waals surface area contributed by atoms with E-state index in [4.69, 9.17) is 0 Å². The third kappa shape index (κ3) is 1.55. The largest absolute Gasteiger partial charge is 0.330 e. The van der Waals surface area contributed by atoms with Crippen molar-refractivity contribution < 1.29 is 4.79 Å². The smallest absolute Gasteiger partial charge is 0.319 e.